The molecule has 2 aromatic rings. The summed E-state index contributed by atoms with van der Waals surface area (Å²) in [6.45, 7) is -0.633. The highest BCUT2D eigenvalue weighted by atomic mass is 35.5. The second-order valence-corrected chi connectivity index (χ2v) is 5.12. The largest absolute Gasteiger partial charge is 0.452 e. The van der Waals surface area contributed by atoms with Gasteiger partial charge in [-0.15, -0.1) is 4.91 Å². The van der Waals surface area contributed by atoms with Gasteiger partial charge in [0.1, 0.15) is 5.69 Å². The van der Waals surface area contributed by atoms with Gasteiger partial charge in [0.15, 0.2) is 5.82 Å². The van der Waals surface area contributed by atoms with Crippen LogP contribution < -0.4 is 11.7 Å². The Bertz CT molecular complexity index is 866. The molecule has 1 amide bonds. The minimum Gasteiger partial charge on any atom is -0.321 e. The molecule has 10 nitrogen and oxygen atoms in total. The van der Waals surface area contributed by atoms with E-state index in [1.54, 1.807) is 0 Å². The lowest BCUT2D eigenvalue weighted by Crippen LogP contribution is -2.46. The Morgan fingerprint density at radius 1 is 1.42 bits per heavy atom. The van der Waals surface area contributed by atoms with Crippen LogP contribution in [0.3, 0.4) is 0 Å². The Hall–Kier alpha value is -3.06. The first-order valence-corrected chi connectivity index (χ1v) is 7.01. The molecule has 2 rings (SSSR count). The fourth-order valence-corrected chi connectivity index (χ4v) is 2.16. The zero-order chi connectivity index (χ0) is 19.5. The number of amidine groups is 1. The minimum absolute atomic E-state index is 0.0282. The molecular weight excluding hydrogens is 381 g/mol. The van der Waals surface area contributed by atoms with E-state index in [2.05, 4.69) is 20.4 Å². The van der Waals surface area contributed by atoms with E-state index < -0.39 is 24.5 Å². The molecule has 2 heterocycles. The molecule has 0 unspecified atom stereocenters. The number of carbonyl (C=O) groups excluding carboxylic acids is 1. The maximum Gasteiger partial charge on any atom is 0.452 e. The molecule has 4 N–H and O–H groups in total. The van der Waals surface area contributed by atoms with Crippen molar-refractivity contribution < 1.29 is 18.0 Å². The first kappa shape index (κ1) is 19.3. The zero-order valence-corrected chi connectivity index (χ0v) is 13.4. The van der Waals surface area contributed by atoms with Gasteiger partial charge in [-0.1, -0.05) is 11.6 Å². The predicted molar refractivity (Wildman–Crippen MR) is 83.9 cm³/mol. The highest BCUT2D eigenvalue weighted by Gasteiger charge is 2.39. The quantitative estimate of drug-likeness (QED) is 0.263. The van der Waals surface area contributed by atoms with E-state index in [-0.39, 0.29) is 27.2 Å². The highest BCUT2D eigenvalue weighted by molar-refractivity contribution is 6.32. The smallest absolute Gasteiger partial charge is 0.321 e. The Morgan fingerprint density at radius 2 is 2.12 bits per heavy atom. The third kappa shape index (κ3) is 3.94. The number of alkyl halides is 3. The summed E-state index contributed by atoms with van der Waals surface area (Å²) in [5.41, 5.74) is -0.478. The molecule has 26 heavy (non-hydrogen) atoms. The van der Waals surface area contributed by atoms with E-state index in [1.165, 1.54) is 18.3 Å². The lowest BCUT2D eigenvalue weighted by molar-refractivity contribution is -0.0697. The van der Waals surface area contributed by atoms with Gasteiger partial charge >= 0.3 is 12.1 Å². The molecule has 0 spiro atoms. The van der Waals surface area contributed by atoms with Crippen LogP contribution in [0.1, 0.15) is 16.2 Å². The van der Waals surface area contributed by atoms with Crippen molar-refractivity contribution in [3.8, 4) is 5.82 Å². The van der Waals surface area contributed by atoms with E-state index >= 15 is 0 Å². The molecule has 2 aromatic heterocycles. The van der Waals surface area contributed by atoms with Crippen molar-refractivity contribution in [1.29, 1.82) is 0 Å². The Morgan fingerprint density at radius 3 is 2.65 bits per heavy atom. The van der Waals surface area contributed by atoms with Gasteiger partial charge in [-0.2, -0.15) is 23.4 Å². The number of nitroso groups, excluding NO2 is 1. The highest BCUT2D eigenvalue weighted by Crippen LogP contribution is 2.22. The number of pyridine rings is 1. The minimum atomic E-state index is -4.90. The summed E-state index contributed by atoms with van der Waals surface area (Å²) in [6.07, 6.45) is -3.57. The predicted octanol–water partition coefficient (Wildman–Crippen LogP) is 1.34. The molecule has 0 aromatic carbocycles. The van der Waals surface area contributed by atoms with E-state index in [1.807, 2.05) is 0 Å². The number of hydrazone groups is 1. The third-order valence-corrected chi connectivity index (χ3v) is 3.28. The number of hydrazine groups is 1. The molecule has 0 aliphatic carbocycles. The van der Waals surface area contributed by atoms with Gasteiger partial charge in [0.25, 0.3) is 0 Å². The first-order chi connectivity index (χ1) is 12.2. The fraction of sp³-hybridized carbons (Fsp3) is 0.167. The molecule has 0 saturated carbocycles. The van der Waals surface area contributed by atoms with Crippen LogP contribution in [0.15, 0.2) is 34.7 Å². The van der Waals surface area contributed by atoms with Crippen molar-refractivity contribution in [1.82, 2.24) is 19.8 Å². The molecule has 0 saturated heterocycles. The van der Waals surface area contributed by atoms with Crippen LogP contribution in [-0.2, 0) is 6.54 Å². The van der Waals surface area contributed by atoms with Crippen LogP contribution in [-0.4, -0.2) is 37.7 Å². The Labute approximate surface area is 148 Å². The summed E-state index contributed by atoms with van der Waals surface area (Å²) in [7, 11) is 0. The van der Waals surface area contributed by atoms with Crippen LogP contribution in [0.2, 0.25) is 5.02 Å². The second kappa shape index (κ2) is 7.45. The summed E-state index contributed by atoms with van der Waals surface area (Å²) in [4.78, 5) is 26.2. The fourth-order valence-electron chi connectivity index (χ4n) is 1.96. The van der Waals surface area contributed by atoms with Gasteiger partial charge in [0, 0.05) is 11.4 Å². The summed E-state index contributed by atoms with van der Waals surface area (Å²) in [5.74, 6) is 7.22. The first-order valence-electron chi connectivity index (χ1n) is 6.63. The van der Waals surface area contributed by atoms with Crippen molar-refractivity contribution >= 4 is 23.3 Å². The molecule has 0 fully saturated rings. The average Bonchev–Trinajstić information content (AvgIpc) is 2.97. The van der Waals surface area contributed by atoms with Crippen molar-refractivity contribution in [2.75, 3.05) is 0 Å². The van der Waals surface area contributed by atoms with Crippen LogP contribution in [0.5, 0.6) is 0 Å². The van der Waals surface area contributed by atoms with Crippen molar-refractivity contribution in [3.63, 3.8) is 0 Å². The molecule has 0 bridgehead atoms. The number of rotatable bonds is 4. The van der Waals surface area contributed by atoms with E-state index in [9.17, 15) is 22.9 Å². The van der Waals surface area contributed by atoms with E-state index in [4.69, 9.17) is 23.3 Å². The molecule has 0 radical (unpaired) electrons. The number of carbonyl (C=O) groups is 1. The molecule has 0 atom stereocenters. The van der Waals surface area contributed by atoms with Crippen LogP contribution in [0.25, 0.3) is 5.82 Å². The Balaban J connectivity index is 2.45. The number of amides is 1. The van der Waals surface area contributed by atoms with Crippen LogP contribution >= 0.6 is 11.6 Å². The second-order valence-electron chi connectivity index (χ2n) is 4.72. The Kier molecular flexibility index (Phi) is 5.52. The van der Waals surface area contributed by atoms with Crippen LogP contribution in [0, 0.1) is 4.91 Å². The molecule has 14 heteroatoms. The maximum absolute atomic E-state index is 12.8. The number of nitrogens with two attached hydrogens (primary N) is 2. The van der Waals surface area contributed by atoms with Crippen molar-refractivity contribution in [3.05, 3.63) is 45.7 Å². The number of aromatic nitrogens is 3. The summed E-state index contributed by atoms with van der Waals surface area (Å²) in [6, 6.07) is 3.97. The number of hydrogen-bond acceptors (Lipinski definition) is 7. The number of halogens is 4. The molecule has 0 aliphatic heterocycles. The van der Waals surface area contributed by atoms with Crippen molar-refractivity contribution in [2.24, 2.45) is 22.0 Å². The van der Waals surface area contributed by atoms with E-state index in [0.717, 1.165) is 10.7 Å². The SMILES string of the molecule is N/N=C(\N(N)Cc1cc(C(=O)N=O)n(-c2ncccc2Cl)n1)C(F)(F)F. The topological polar surface area (TPSA) is 145 Å². The monoisotopic (exact) mass is 390 g/mol. The summed E-state index contributed by atoms with van der Waals surface area (Å²) >= 11 is 5.96. The average molecular weight is 391 g/mol. The van der Waals surface area contributed by atoms with Gasteiger partial charge in [-0.3, -0.25) is 9.80 Å². The number of hydrogen-bond donors (Lipinski definition) is 2. The van der Waals surface area contributed by atoms with Crippen molar-refractivity contribution in [2.45, 2.75) is 12.7 Å². The zero-order valence-electron chi connectivity index (χ0n) is 12.7. The van der Waals surface area contributed by atoms with Gasteiger partial charge < -0.3 is 5.84 Å². The standard InChI is InChI=1S/C12H10ClF3N8O2/c13-7-2-1-3-19-9(7)24-8(10(25)22-26)4-6(21-24)5-23(18)11(20-17)12(14,15)16/h1-4H,5,17-18H2/b20-11-. The number of nitrogens with zero attached hydrogens (tertiary/aromatic N) is 6. The molecular formula is C12H10ClF3N8O2. The van der Waals surface area contributed by atoms with Gasteiger partial charge in [0.2, 0.25) is 5.84 Å². The maximum atomic E-state index is 12.8. The van der Waals surface area contributed by atoms with Crippen LogP contribution in [0.4, 0.5) is 13.2 Å². The van der Waals surface area contributed by atoms with Gasteiger partial charge in [0.05, 0.1) is 17.3 Å². The normalized spacial score (nSPS) is 12.1. The molecule has 0 aliphatic rings. The van der Waals surface area contributed by atoms with E-state index in [0.29, 0.717) is 0 Å². The third-order valence-electron chi connectivity index (χ3n) is 2.98. The summed E-state index contributed by atoms with van der Waals surface area (Å²) < 4.78 is 39.2. The van der Waals surface area contributed by atoms with Gasteiger partial charge in [-0.25, -0.2) is 15.5 Å². The van der Waals surface area contributed by atoms with Gasteiger partial charge in [-0.05, 0) is 18.2 Å². The summed E-state index contributed by atoms with van der Waals surface area (Å²) in [5, 5.41) is 9.04. The lowest BCUT2D eigenvalue weighted by atomic mass is 10.3. The molecule has 138 valence electrons. The lowest BCUT2D eigenvalue weighted by Gasteiger charge is -2.20.